The molecule has 7 heteroatoms. The van der Waals surface area contributed by atoms with Gasteiger partial charge in [-0.3, -0.25) is 4.79 Å². The maximum atomic E-state index is 12.4. The number of amides is 1. The summed E-state index contributed by atoms with van der Waals surface area (Å²) in [6.07, 6.45) is 4.13. The summed E-state index contributed by atoms with van der Waals surface area (Å²) >= 11 is 0. The highest BCUT2D eigenvalue weighted by Crippen LogP contribution is 2.34. The molecule has 1 aromatic heterocycles. The van der Waals surface area contributed by atoms with Crippen molar-refractivity contribution in [3.8, 4) is 0 Å². The third-order valence-corrected chi connectivity index (χ3v) is 5.57. The molecule has 0 unspecified atom stereocenters. The summed E-state index contributed by atoms with van der Waals surface area (Å²) in [5.41, 5.74) is 5.99. The summed E-state index contributed by atoms with van der Waals surface area (Å²) in [6, 6.07) is 2.91. The van der Waals surface area contributed by atoms with Crippen LogP contribution in [0.25, 0.3) is 0 Å². The van der Waals surface area contributed by atoms with Crippen molar-refractivity contribution in [3.63, 3.8) is 0 Å². The molecular weight excluding hydrogens is 266 g/mol. The molecule has 0 atom stereocenters. The highest BCUT2D eigenvalue weighted by atomic mass is 32.2. The van der Waals surface area contributed by atoms with Crippen LogP contribution in [0.1, 0.15) is 36.0 Å². The third-order valence-electron chi connectivity index (χ3n) is 3.78. The maximum Gasteiger partial charge on any atom is 0.285 e. The number of fused-ring (bicyclic) bond motifs is 1. The molecule has 1 saturated carbocycles. The van der Waals surface area contributed by atoms with Crippen molar-refractivity contribution < 1.29 is 13.2 Å². The Kier molecular flexibility index (Phi) is 2.83. The second-order valence-electron chi connectivity index (χ2n) is 5.03. The lowest BCUT2D eigenvalue weighted by atomic mass is 9.91. The number of hydrogen-bond donors (Lipinski definition) is 1. The smallest absolute Gasteiger partial charge is 0.285 e. The van der Waals surface area contributed by atoms with Gasteiger partial charge in [-0.2, -0.15) is 8.42 Å². The lowest BCUT2D eigenvalue weighted by Gasteiger charge is -2.31. The van der Waals surface area contributed by atoms with E-state index in [0.717, 1.165) is 17.1 Å². The van der Waals surface area contributed by atoms with E-state index in [0.29, 0.717) is 12.8 Å². The SMILES string of the molecule is NC1CCC(N2C(=O)c3cccnc3S2(=O)=O)CC1. The Morgan fingerprint density at radius 3 is 2.58 bits per heavy atom. The van der Waals surface area contributed by atoms with Gasteiger partial charge >= 0.3 is 0 Å². The van der Waals surface area contributed by atoms with E-state index in [1.165, 1.54) is 12.3 Å². The van der Waals surface area contributed by atoms with Crippen LogP contribution in [0.4, 0.5) is 0 Å². The average Bonchev–Trinajstić information content (AvgIpc) is 2.60. The van der Waals surface area contributed by atoms with Crippen LogP contribution in [0.3, 0.4) is 0 Å². The Labute approximate surface area is 111 Å². The van der Waals surface area contributed by atoms with Gasteiger partial charge in [0.25, 0.3) is 15.9 Å². The molecule has 0 radical (unpaired) electrons. The van der Waals surface area contributed by atoms with Crippen LogP contribution < -0.4 is 5.73 Å². The number of carbonyl (C=O) groups excluding carboxylic acids is 1. The topological polar surface area (TPSA) is 93.4 Å². The molecule has 0 saturated heterocycles. The zero-order valence-electron chi connectivity index (χ0n) is 10.3. The van der Waals surface area contributed by atoms with Crippen molar-refractivity contribution in [1.82, 2.24) is 9.29 Å². The first-order chi connectivity index (χ1) is 9.01. The minimum absolute atomic E-state index is 0.108. The standard InChI is InChI=1S/C12H15N3O3S/c13-8-3-5-9(6-4-8)15-12(16)10-2-1-7-14-11(10)19(15,17)18/h1-2,7-9H,3-6,13H2. The van der Waals surface area contributed by atoms with Gasteiger partial charge in [-0.1, -0.05) is 0 Å². The first kappa shape index (κ1) is 12.6. The molecule has 0 bridgehead atoms. The number of sulfonamides is 1. The second kappa shape index (κ2) is 4.28. The third kappa shape index (κ3) is 1.84. The Balaban J connectivity index is 1.99. The van der Waals surface area contributed by atoms with Crippen LogP contribution >= 0.6 is 0 Å². The van der Waals surface area contributed by atoms with Crippen molar-refractivity contribution in [2.75, 3.05) is 0 Å². The molecule has 6 nitrogen and oxygen atoms in total. The fraction of sp³-hybridized carbons (Fsp3) is 0.500. The molecule has 1 amide bonds. The highest BCUT2D eigenvalue weighted by molar-refractivity contribution is 7.90. The molecule has 0 aromatic carbocycles. The van der Waals surface area contributed by atoms with Crippen molar-refractivity contribution >= 4 is 15.9 Å². The Morgan fingerprint density at radius 1 is 1.26 bits per heavy atom. The number of pyridine rings is 1. The summed E-state index contributed by atoms with van der Waals surface area (Å²) < 4.78 is 25.8. The van der Waals surface area contributed by atoms with Gasteiger partial charge in [0.05, 0.1) is 5.56 Å². The zero-order valence-corrected chi connectivity index (χ0v) is 11.1. The van der Waals surface area contributed by atoms with Crippen LogP contribution in [-0.4, -0.2) is 35.7 Å². The van der Waals surface area contributed by atoms with Gasteiger partial charge in [0.1, 0.15) is 0 Å². The van der Waals surface area contributed by atoms with E-state index < -0.39 is 15.9 Å². The molecule has 1 aromatic rings. The first-order valence-electron chi connectivity index (χ1n) is 6.31. The second-order valence-corrected chi connectivity index (χ2v) is 6.76. The van der Waals surface area contributed by atoms with Gasteiger partial charge in [0, 0.05) is 18.3 Å². The molecular formula is C12H15N3O3S. The fourth-order valence-electron chi connectivity index (χ4n) is 2.78. The van der Waals surface area contributed by atoms with Crippen LogP contribution in [0.5, 0.6) is 0 Å². The Bertz CT molecular complexity index is 621. The number of nitrogens with zero attached hydrogens (tertiary/aromatic N) is 2. The molecule has 1 aliphatic carbocycles. The van der Waals surface area contributed by atoms with Crippen molar-refractivity contribution in [1.29, 1.82) is 0 Å². The van der Waals surface area contributed by atoms with E-state index in [2.05, 4.69) is 4.98 Å². The lowest BCUT2D eigenvalue weighted by Crippen LogP contribution is -2.43. The van der Waals surface area contributed by atoms with Gasteiger partial charge in [-0.15, -0.1) is 0 Å². The highest BCUT2D eigenvalue weighted by Gasteiger charge is 2.46. The first-order valence-corrected chi connectivity index (χ1v) is 7.75. The number of hydrogen-bond acceptors (Lipinski definition) is 5. The fourth-order valence-corrected chi connectivity index (χ4v) is 4.51. The predicted octanol–water partition coefficient (Wildman–Crippen LogP) is 0.496. The summed E-state index contributed by atoms with van der Waals surface area (Å²) in [7, 11) is -3.78. The summed E-state index contributed by atoms with van der Waals surface area (Å²) in [5.74, 6) is -0.455. The van der Waals surface area contributed by atoms with Crippen molar-refractivity contribution in [3.05, 3.63) is 23.9 Å². The predicted molar refractivity (Wildman–Crippen MR) is 67.8 cm³/mol. The van der Waals surface area contributed by atoms with Crippen LogP contribution in [-0.2, 0) is 10.0 Å². The van der Waals surface area contributed by atoms with Crippen LogP contribution in [0.2, 0.25) is 0 Å². The molecule has 2 aliphatic rings. The number of rotatable bonds is 1. The molecule has 102 valence electrons. The number of aromatic nitrogens is 1. The van der Waals surface area contributed by atoms with Gasteiger partial charge in [0.2, 0.25) is 0 Å². The molecule has 3 rings (SSSR count). The minimum atomic E-state index is -3.78. The van der Waals surface area contributed by atoms with E-state index in [1.54, 1.807) is 6.07 Å². The van der Waals surface area contributed by atoms with E-state index in [4.69, 9.17) is 5.73 Å². The Morgan fingerprint density at radius 2 is 1.95 bits per heavy atom. The van der Waals surface area contributed by atoms with E-state index in [9.17, 15) is 13.2 Å². The minimum Gasteiger partial charge on any atom is -0.328 e. The zero-order chi connectivity index (χ0) is 13.6. The number of carbonyl (C=O) groups is 1. The van der Waals surface area contributed by atoms with E-state index in [-0.39, 0.29) is 22.7 Å². The van der Waals surface area contributed by atoms with Crippen molar-refractivity contribution in [2.45, 2.75) is 42.8 Å². The summed E-state index contributed by atoms with van der Waals surface area (Å²) in [4.78, 5) is 16.1. The van der Waals surface area contributed by atoms with E-state index >= 15 is 0 Å². The van der Waals surface area contributed by atoms with Gasteiger partial charge in [-0.25, -0.2) is 9.29 Å². The van der Waals surface area contributed by atoms with Gasteiger partial charge in [0.15, 0.2) is 5.03 Å². The quantitative estimate of drug-likeness (QED) is 0.809. The Hall–Kier alpha value is -1.47. The normalized spacial score (nSPS) is 29.3. The molecule has 19 heavy (non-hydrogen) atoms. The summed E-state index contributed by atoms with van der Waals surface area (Å²) in [6.45, 7) is 0. The molecule has 2 heterocycles. The van der Waals surface area contributed by atoms with Gasteiger partial charge in [-0.05, 0) is 37.8 Å². The monoisotopic (exact) mass is 281 g/mol. The number of nitrogens with two attached hydrogens (primary N) is 1. The average molecular weight is 281 g/mol. The largest absolute Gasteiger partial charge is 0.328 e. The van der Waals surface area contributed by atoms with Crippen molar-refractivity contribution in [2.24, 2.45) is 5.73 Å². The maximum absolute atomic E-state index is 12.4. The van der Waals surface area contributed by atoms with Crippen LogP contribution in [0, 0.1) is 0 Å². The van der Waals surface area contributed by atoms with E-state index in [1.807, 2.05) is 0 Å². The summed E-state index contributed by atoms with van der Waals surface area (Å²) in [5, 5.41) is -0.116. The van der Waals surface area contributed by atoms with Crippen LogP contribution in [0.15, 0.2) is 23.4 Å². The molecule has 1 fully saturated rings. The molecule has 1 aliphatic heterocycles. The molecule has 0 spiro atoms. The lowest BCUT2D eigenvalue weighted by molar-refractivity contribution is 0.0806. The molecule has 2 N–H and O–H groups in total. The van der Waals surface area contributed by atoms with Gasteiger partial charge < -0.3 is 5.73 Å².